The van der Waals surface area contributed by atoms with E-state index >= 15 is 0 Å². The van der Waals surface area contributed by atoms with Crippen molar-refractivity contribution in [2.45, 2.75) is 0 Å². The Balaban J connectivity index is 0. The van der Waals surface area contributed by atoms with Crippen molar-refractivity contribution >= 4 is 22.5 Å². The Morgan fingerprint density at radius 3 is 1.40 bits per heavy atom. The van der Waals surface area contributed by atoms with Crippen molar-refractivity contribution in [3.8, 4) is 0 Å². The molecule has 0 aromatic rings. The van der Waals surface area contributed by atoms with Gasteiger partial charge in [0.15, 0.2) is 0 Å². The van der Waals surface area contributed by atoms with Crippen LogP contribution in [0.3, 0.4) is 0 Å². The molecule has 2 radical (unpaired) electrons. The summed E-state index contributed by atoms with van der Waals surface area (Å²) in [5, 5.41) is 15.5. The van der Waals surface area contributed by atoms with Gasteiger partial charge < -0.3 is 0 Å². The van der Waals surface area contributed by atoms with E-state index in [1.54, 1.807) is 0 Å². The molecule has 0 aliphatic heterocycles. The molecule has 0 saturated heterocycles. The van der Waals surface area contributed by atoms with Gasteiger partial charge in [-0.15, -0.1) is 0 Å². The van der Waals surface area contributed by atoms with Crippen LogP contribution >= 0.6 is 0 Å². The minimum absolute atomic E-state index is 0.300. The zero-order valence-corrected chi connectivity index (χ0v) is 5.07. The maximum atomic E-state index is 8.34. The molecule has 0 atom stereocenters. The molecule has 0 heterocycles. The molecule has 0 saturated carbocycles. The second kappa shape index (κ2) is 24.8. The quantitative estimate of drug-likeness (QED) is 0.301. The molecule has 5 heteroatoms. The normalized spacial score (nSPS) is 4.40. The van der Waals surface area contributed by atoms with E-state index in [2.05, 4.69) is 5.04 Å². The standard InChI is InChI=1S/H2O3.O.Sn/c1-3-2;;/h1-2H;;. The number of rotatable bonds is 0. The van der Waals surface area contributed by atoms with Crippen LogP contribution in [0, 0.1) is 0 Å². The summed E-state index contributed by atoms with van der Waals surface area (Å²) in [7, 11) is 0. The Kier molecular flexibility index (Phi) is 45.0. The van der Waals surface area contributed by atoms with Crippen LogP contribution in [0.15, 0.2) is 0 Å². The van der Waals surface area contributed by atoms with Gasteiger partial charge in [0.2, 0.25) is 0 Å². The SMILES string of the molecule is OOO.[O]=[Sn]. The fraction of sp³-hybridized carbons (Fsp3) is 0. The molecule has 0 aromatic heterocycles. The molecule has 30 valence electrons. The Morgan fingerprint density at radius 2 is 1.40 bits per heavy atom. The van der Waals surface area contributed by atoms with Gasteiger partial charge >= 0.3 is 25.6 Å². The first kappa shape index (κ1) is 9.08. The zero-order valence-electron chi connectivity index (χ0n) is 2.21. The van der Waals surface area contributed by atoms with Crippen LogP contribution < -0.4 is 0 Å². The van der Waals surface area contributed by atoms with Gasteiger partial charge in [0.1, 0.15) is 0 Å². The third kappa shape index (κ3) is 120. The zero-order chi connectivity index (χ0) is 4.71. The van der Waals surface area contributed by atoms with Crippen molar-refractivity contribution in [1.29, 1.82) is 0 Å². The molecule has 4 nitrogen and oxygen atoms in total. The minimum atomic E-state index is 0.300. The van der Waals surface area contributed by atoms with E-state index in [1.807, 2.05) is 0 Å². The molecular weight excluding hydrogens is 183 g/mol. The fourth-order valence-electron chi connectivity index (χ4n) is 0. The maximum absolute atomic E-state index is 8.34. The topological polar surface area (TPSA) is 66.8 Å². The molecule has 0 unspecified atom stereocenters. The van der Waals surface area contributed by atoms with Crippen molar-refractivity contribution in [1.82, 2.24) is 0 Å². The average molecular weight is 185 g/mol. The van der Waals surface area contributed by atoms with Crippen molar-refractivity contribution in [2.24, 2.45) is 0 Å². The van der Waals surface area contributed by atoms with Crippen LogP contribution in [-0.2, 0) is 8.12 Å². The van der Waals surface area contributed by atoms with Gasteiger partial charge in [-0.3, -0.25) is 0 Å². The Morgan fingerprint density at radius 1 is 1.40 bits per heavy atom. The molecule has 0 fully saturated rings. The second-order valence-corrected chi connectivity index (χ2v) is 0.0816. The molecule has 0 spiro atoms. The number of hydrogen-bond donors (Lipinski definition) is 2. The summed E-state index contributed by atoms with van der Waals surface area (Å²) in [6.07, 6.45) is 0. The first-order chi connectivity index (χ1) is 2.41. The Bertz CT molecular complexity index is 7.61. The average Bonchev–Trinajstić information content (AvgIpc) is 1.46. The summed E-state index contributed by atoms with van der Waals surface area (Å²) >= 11 is 0.300. The molecule has 0 rings (SSSR count). The predicted molar refractivity (Wildman–Crippen MR) is 12.8 cm³/mol. The van der Waals surface area contributed by atoms with Gasteiger partial charge in [0.25, 0.3) is 0 Å². The summed E-state index contributed by atoms with van der Waals surface area (Å²) in [6.45, 7) is 0. The molecule has 2 N–H and O–H groups in total. The molecule has 0 bridgehead atoms. The van der Waals surface area contributed by atoms with Gasteiger partial charge in [-0.2, -0.15) is 0 Å². The summed E-state index contributed by atoms with van der Waals surface area (Å²) in [6, 6.07) is 0. The van der Waals surface area contributed by atoms with Gasteiger partial charge in [0, 0.05) is 0 Å². The summed E-state index contributed by atoms with van der Waals surface area (Å²) < 4.78 is 8.34. The van der Waals surface area contributed by atoms with Crippen molar-refractivity contribution in [2.75, 3.05) is 0 Å². The molecular formula is H2O4Sn. The van der Waals surface area contributed by atoms with Gasteiger partial charge in [-0.25, -0.2) is 10.5 Å². The van der Waals surface area contributed by atoms with Crippen LogP contribution in [0.4, 0.5) is 0 Å². The molecule has 0 aliphatic carbocycles. The van der Waals surface area contributed by atoms with Crippen molar-refractivity contribution in [3.05, 3.63) is 0 Å². The van der Waals surface area contributed by atoms with Crippen LogP contribution in [0.1, 0.15) is 0 Å². The molecule has 0 aromatic carbocycles. The van der Waals surface area contributed by atoms with Gasteiger partial charge in [-0.1, -0.05) is 5.04 Å². The van der Waals surface area contributed by atoms with E-state index in [4.69, 9.17) is 13.6 Å². The van der Waals surface area contributed by atoms with Crippen molar-refractivity contribution in [3.63, 3.8) is 0 Å². The van der Waals surface area contributed by atoms with Crippen molar-refractivity contribution < 1.29 is 18.6 Å². The van der Waals surface area contributed by atoms with E-state index in [9.17, 15) is 0 Å². The van der Waals surface area contributed by atoms with Crippen LogP contribution in [0.2, 0.25) is 0 Å². The molecule has 0 aliphatic rings. The Hall–Kier alpha value is 0.479. The summed E-state index contributed by atoms with van der Waals surface area (Å²) in [4.78, 5) is 0. The van der Waals surface area contributed by atoms with Crippen LogP contribution in [0.5, 0.6) is 0 Å². The fourth-order valence-corrected chi connectivity index (χ4v) is 0. The van der Waals surface area contributed by atoms with E-state index < -0.39 is 0 Å². The van der Waals surface area contributed by atoms with E-state index in [0.717, 1.165) is 0 Å². The summed E-state index contributed by atoms with van der Waals surface area (Å²) in [5.41, 5.74) is 0. The van der Waals surface area contributed by atoms with E-state index in [1.165, 1.54) is 0 Å². The Labute approximate surface area is 41.7 Å². The van der Waals surface area contributed by atoms with Gasteiger partial charge in [-0.05, 0) is 0 Å². The predicted octanol–water partition coefficient (Wildman–Crippen LogP) is -0.551. The third-order valence-corrected chi connectivity index (χ3v) is 0. The van der Waals surface area contributed by atoms with Crippen LogP contribution in [0.25, 0.3) is 0 Å². The van der Waals surface area contributed by atoms with E-state index in [0.29, 0.717) is 22.5 Å². The first-order valence-electron chi connectivity index (χ1n) is 0.569. The van der Waals surface area contributed by atoms with E-state index in [-0.39, 0.29) is 0 Å². The van der Waals surface area contributed by atoms with Crippen LogP contribution in [-0.4, -0.2) is 33.0 Å². The monoisotopic (exact) mass is 186 g/mol. The molecule has 0 amide bonds. The molecule has 5 heavy (non-hydrogen) atoms. The first-order valence-corrected chi connectivity index (χ1v) is 1.73. The second-order valence-electron chi connectivity index (χ2n) is 0.0816. The van der Waals surface area contributed by atoms with Gasteiger partial charge in [0.05, 0.1) is 0 Å². The third-order valence-electron chi connectivity index (χ3n) is 0. The summed E-state index contributed by atoms with van der Waals surface area (Å²) in [5.74, 6) is 0. The number of hydrogen-bond acceptors (Lipinski definition) is 4.